The van der Waals surface area contributed by atoms with Crippen molar-refractivity contribution in [2.75, 3.05) is 0 Å². The average Bonchev–Trinajstić information content (AvgIpc) is 2.05. The van der Waals surface area contributed by atoms with Crippen molar-refractivity contribution in [3.05, 3.63) is 42.5 Å². The van der Waals surface area contributed by atoms with Crippen molar-refractivity contribution in [1.29, 1.82) is 0 Å². The van der Waals surface area contributed by atoms with Gasteiger partial charge in [0.2, 0.25) is 0 Å². The molecule has 0 aliphatic carbocycles. The Kier molecular flexibility index (Phi) is 7.71. The molecule has 0 atom stereocenters. The normalized spacial score (nSPS) is 8.67. The van der Waals surface area contributed by atoms with E-state index in [1.807, 2.05) is 36.4 Å². The summed E-state index contributed by atoms with van der Waals surface area (Å²) in [6.45, 7) is 1.91. The zero-order valence-corrected chi connectivity index (χ0v) is 9.80. The van der Waals surface area contributed by atoms with Gasteiger partial charge in [-0.25, -0.2) is 0 Å². The second-order valence-corrected chi connectivity index (χ2v) is 8.30. The SMILES string of the molecule is C=Cc1ccccc1.Cl[SiH](Cl)Cl. The summed E-state index contributed by atoms with van der Waals surface area (Å²) < 4.78 is 0. The quantitative estimate of drug-likeness (QED) is 0.517. The molecule has 4 heteroatoms. The molecule has 12 heavy (non-hydrogen) atoms. The predicted octanol–water partition coefficient (Wildman–Crippen LogP) is 3.75. The zero-order valence-electron chi connectivity index (χ0n) is 6.38. The highest BCUT2D eigenvalue weighted by Gasteiger charge is 1.85. The van der Waals surface area contributed by atoms with Gasteiger partial charge in [0.25, 0.3) is 0 Å². The molecular weight excluding hydrogens is 231 g/mol. The van der Waals surface area contributed by atoms with Gasteiger partial charge in [0.1, 0.15) is 0 Å². The van der Waals surface area contributed by atoms with E-state index in [0.29, 0.717) is 0 Å². The zero-order chi connectivity index (χ0) is 9.40. The minimum atomic E-state index is -1.72. The highest BCUT2D eigenvalue weighted by atomic mass is 35.8. The lowest BCUT2D eigenvalue weighted by molar-refractivity contribution is 1.67. The van der Waals surface area contributed by atoms with Crippen LogP contribution in [0.4, 0.5) is 0 Å². The van der Waals surface area contributed by atoms with Crippen LogP contribution in [0, 0.1) is 0 Å². The van der Waals surface area contributed by atoms with Crippen LogP contribution in [0.5, 0.6) is 0 Å². The van der Waals surface area contributed by atoms with Crippen molar-refractivity contribution >= 4 is 46.0 Å². The van der Waals surface area contributed by atoms with Gasteiger partial charge in [0, 0.05) is 0 Å². The van der Waals surface area contributed by atoms with E-state index in [1.165, 1.54) is 5.56 Å². The van der Waals surface area contributed by atoms with Crippen LogP contribution in [0.3, 0.4) is 0 Å². The molecular formula is C8H9Cl3Si. The molecule has 0 aliphatic heterocycles. The summed E-state index contributed by atoms with van der Waals surface area (Å²) >= 11 is 14.8. The molecule has 0 N–H and O–H groups in total. The fourth-order valence-corrected chi connectivity index (χ4v) is 0.589. The molecule has 0 aliphatic rings. The van der Waals surface area contributed by atoms with Gasteiger partial charge in [-0.05, 0) is 5.56 Å². The lowest BCUT2D eigenvalue weighted by Crippen LogP contribution is -1.66. The summed E-state index contributed by atoms with van der Waals surface area (Å²) in [4.78, 5) is 0. The maximum absolute atomic E-state index is 4.94. The van der Waals surface area contributed by atoms with E-state index in [4.69, 9.17) is 33.2 Å². The largest absolute Gasteiger partial charge is 0.326 e. The fraction of sp³-hybridized carbons (Fsp3) is 0. The topological polar surface area (TPSA) is 0 Å². The molecule has 0 nitrogen and oxygen atoms in total. The molecule has 0 bridgehead atoms. The Morgan fingerprint density at radius 2 is 1.50 bits per heavy atom. The van der Waals surface area contributed by atoms with E-state index >= 15 is 0 Å². The van der Waals surface area contributed by atoms with Crippen LogP contribution in [-0.2, 0) is 0 Å². The van der Waals surface area contributed by atoms with Gasteiger partial charge in [-0.15, -0.1) is 33.2 Å². The number of hydrogen-bond donors (Lipinski definition) is 0. The van der Waals surface area contributed by atoms with Gasteiger partial charge in [0.15, 0.2) is 0 Å². The van der Waals surface area contributed by atoms with Crippen molar-refractivity contribution in [3.63, 3.8) is 0 Å². The Hall–Kier alpha value is 0.0469. The molecule has 1 rings (SSSR count). The molecule has 0 heterocycles. The molecule has 0 unspecified atom stereocenters. The Morgan fingerprint density at radius 1 is 1.08 bits per heavy atom. The standard InChI is InChI=1S/C8H8.Cl3HSi/c1-2-8-6-4-3-5-7-8;1-4(2)3/h2-7H,1H2;4H. The predicted molar refractivity (Wildman–Crippen MR) is 61.2 cm³/mol. The van der Waals surface area contributed by atoms with Gasteiger partial charge >= 0.3 is 6.73 Å². The van der Waals surface area contributed by atoms with Crippen molar-refractivity contribution in [2.24, 2.45) is 0 Å². The molecule has 0 spiro atoms. The van der Waals surface area contributed by atoms with Crippen molar-refractivity contribution in [1.82, 2.24) is 0 Å². The summed E-state index contributed by atoms with van der Waals surface area (Å²) in [5.41, 5.74) is 1.17. The smallest absolute Gasteiger partial charge is 0.130 e. The highest BCUT2D eigenvalue weighted by molar-refractivity contribution is 7.54. The lowest BCUT2D eigenvalue weighted by Gasteiger charge is -1.85. The van der Waals surface area contributed by atoms with E-state index in [1.54, 1.807) is 0 Å². The van der Waals surface area contributed by atoms with Crippen LogP contribution < -0.4 is 0 Å². The van der Waals surface area contributed by atoms with Gasteiger partial charge in [-0.2, -0.15) is 0 Å². The Bertz CT molecular complexity index is 208. The number of rotatable bonds is 1. The summed E-state index contributed by atoms with van der Waals surface area (Å²) in [6, 6.07) is 10.0. The van der Waals surface area contributed by atoms with Gasteiger partial charge < -0.3 is 0 Å². The van der Waals surface area contributed by atoms with E-state index in [2.05, 4.69) is 6.58 Å². The molecule has 1 aromatic carbocycles. The van der Waals surface area contributed by atoms with Crippen LogP contribution in [0.2, 0.25) is 0 Å². The third-order valence-corrected chi connectivity index (χ3v) is 1.04. The molecule has 0 fully saturated rings. The monoisotopic (exact) mass is 238 g/mol. The number of hydrogen-bond acceptors (Lipinski definition) is 0. The third kappa shape index (κ3) is 8.15. The van der Waals surface area contributed by atoms with Crippen LogP contribution in [0.25, 0.3) is 6.08 Å². The van der Waals surface area contributed by atoms with Crippen LogP contribution in [-0.4, -0.2) is 6.73 Å². The molecule has 0 saturated carbocycles. The Morgan fingerprint density at radius 3 is 1.75 bits per heavy atom. The van der Waals surface area contributed by atoms with E-state index in [9.17, 15) is 0 Å². The summed E-state index contributed by atoms with van der Waals surface area (Å²) in [7, 11) is 0. The maximum atomic E-state index is 4.94. The van der Waals surface area contributed by atoms with Crippen molar-refractivity contribution in [2.45, 2.75) is 0 Å². The van der Waals surface area contributed by atoms with Crippen molar-refractivity contribution in [3.8, 4) is 0 Å². The first-order chi connectivity index (χ1) is 5.66. The lowest BCUT2D eigenvalue weighted by atomic mass is 10.2. The van der Waals surface area contributed by atoms with Crippen LogP contribution >= 0.6 is 33.2 Å². The first kappa shape index (κ1) is 12.0. The highest BCUT2D eigenvalue weighted by Crippen LogP contribution is 1.97. The average molecular weight is 240 g/mol. The second-order valence-electron chi connectivity index (χ2n) is 1.86. The second kappa shape index (κ2) is 7.68. The van der Waals surface area contributed by atoms with Gasteiger partial charge in [-0.3, -0.25) is 0 Å². The first-order valence-electron chi connectivity index (χ1n) is 3.26. The molecule has 0 radical (unpaired) electrons. The molecule has 0 aromatic heterocycles. The van der Waals surface area contributed by atoms with Crippen LogP contribution in [0.15, 0.2) is 36.9 Å². The molecule has 66 valence electrons. The minimum Gasteiger partial charge on any atom is -0.130 e. The third-order valence-electron chi connectivity index (χ3n) is 1.04. The van der Waals surface area contributed by atoms with E-state index in [0.717, 1.165) is 0 Å². The minimum absolute atomic E-state index is 1.17. The summed E-state index contributed by atoms with van der Waals surface area (Å²) in [5.74, 6) is 0. The Balaban J connectivity index is 0.000000261. The number of halogens is 3. The first-order valence-corrected chi connectivity index (χ1v) is 8.50. The molecule has 0 saturated heterocycles. The van der Waals surface area contributed by atoms with E-state index in [-0.39, 0.29) is 0 Å². The summed E-state index contributed by atoms with van der Waals surface area (Å²) in [6.07, 6.45) is 1.83. The summed E-state index contributed by atoms with van der Waals surface area (Å²) in [5, 5.41) is 0. The van der Waals surface area contributed by atoms with E-state index < -0.39 is 6.73 Å². The molecule has 1 aromatic rings. The van der Waals surface area contributed by atoms with Gasteiger partial charge in [-0.1, -0.05) is 43.0 Å². The maximum Gasteiger partial charge on any atom is 0.326 e. The fourth-order valence-electron chi connectivity index (χ4n) is 0.589. The van der Waals surface area contributed by atoms with Crippen LogP contribution in [0.1, 0.15) is 5.56 Å². The van der Waals surface area contributed by atoms with Crippen molar-refractivity contribution < 1.29 is 0 Å². The van der Waals surface area contributed by atoms with Gasteiger partial charge in [0.05, 0.1) is 0 Å². The number of benzene rings is 1. The molecule has 0 amide bonds. The Labute approximate surface area is 88.5 Å².